The molecular weight excluding hydrogens is 241 g/mol. The first-order valence-electron chi connectivity index (χ1n) is 5.08. The molecule has 1 N–H and O–H groups in total. The minimum Gasteiger partial charge on any atom is -0.496 e. The van der Waals surface area contributed by atoms with Crippen LogP contribution in [0.2, 0.25) is 0 Å². The molecule has 0 atom stereocenters. The average Bonchev–Trinajstić information content (AvgIpc) is 2.81. The number of carboxylic acid groups (broad SMARTS) is 1. The lowest BCUT2D eigenvalue weighted by Crippen LogP contribution is -1.95. The first-order chi connectivity index (χ1) is 8.54. The first kappa shape index (κ1) is 12.1. The molecule has 0 saturated heterocycles. The fraction of sp³-hybridized carbons (Fsp3) is 0.167. The van der Waals surface area contributed by atoms with E-state index in [9.17, 15) is 9.18 Å². The largest absolute Gasteiger partial charge is 0.496 e. The van der Waals surface area contributed by atoms with E-state index in [-0.39, 0.29) is 11.5 Å². The van der Waals surface area contributed by atoms with Crippen molar-refractivity contribution in [1.29, 1.82) is 0 Å². The van der Waals surface area contributed by atoms with Crippen molar-refractivity contribution in [2.24, 2.45) is 0 Å². The molecule has 0 radical (unpaired) electrons. The molecule has 6 heteroatoms. The third kappa shape index (κ3) is 1.92. The first-order valence-corrected chi connectivity index (χ1v) is 5.08. The van der Waals surface area contributed by atoms with Crippen molar-refractivity contribution in [2.75, 3.05) is 7.11 Å². The molecule has 0 unspecified atom stereocenters. The van der Waals surface area contributed by atoms with Gasteiger partial charge in [-0.15, -0.1) is 0 Å². The van der Waals surface area contributed by atoms with Crippen LogP contribution in [-0.2, 0) is 0 Å². The van der Waals surface area contributed by atoms with Gasteiger partial charge < -0.3 is 14.4 Å². The van der Waals surface area contributed by atoms with E-state index in [0.717, 1.165) is 0 Å². The summed E-state index contributed by atoms with van der Waals surface area (Å²) in [6.07, 6.45) is 0. The highest BCUT2D eigenvalue weighted by Gasteiger charge is 2.19. The molecule has 1 aromatic heterocycles. The number of aromatic nitrogens is 1. The van der Waals surface area contributed by atoms with Gasteiger partial charge in [0.1, 0.15) is 11.6 Å². The number of ether oxygens (including phenoxy) is 1. The van der Waals surface area contributed by atoms with Crippen molar-refractivity contribution in [3.63, 3.8) is 0 Å². The Labute approximate surface area is 102 Å². The number of hydrogen-bond donors (Lipinski definition) is 1. The van der Waals surface area contributed by atoms with Crippen molar-refractivity contribution in [1.82, 2.24) is 5.16 Å². The van der Waals surface area contributed by atoms with Crippen LogP contribution in [0, 0.1) is 12.7 Å². The molecular formula is C12H10FNO4. The van der Waals surface area contributed by atoms with E-state index < -0.39 is 11.8 Å². The normalized spacial score (nSPS) is 10.4. The van der Waals surface area contributed by atoms with Crippen LogP contribution in [0.5, 0.6) is 5.75 Å². The van der Waals surface area contributed by atoms with Crippen LogP contribution in [0.1, 0.15) is 16.1 Å². The van der Waals surface area contributed by atoms with Crippen LogP contribution >= 0.6 is 0 Å². The van der Waals surface area contributed by atoms with Gasteiger partial charge in [-0.2, -0.15) is 0 Å². The van der Waals surface area contributed by atoms with Crippen LogP contribution in [0.3, 0.4) is 0 Å². The summed E-state index contributed by atoms with van der Waals surface area (Å²) in [4.78, 5) is 10.7. The van der Waals surface area contributed by atoms with E-state index in [4.69, 9.17) is 14.4 Å². The number of carboxylic acids is 1. The highest BCUT2D eigenvalue weighted by Crippen LogP contribution is 2.34. The quantitative estimate of drug-likeness (QED) is 0.907. The van der Waals surface area contributed by atoms with Gasteiger partial charge >= 0.3 is 5.97 Å². The summed E-state index contributed by atoms with van der Waals surface area (Å²) in [5.41, 5.74) is 0.427. The van der Waals surface area contributed by atoms with Gasteiger partial charge in [-0.25, -0.2) is 9.18 Å². The molecule has 0 aliphatic carbocycles. The van der Waals surface area contributed by atoms with E-state index in [1.807, 2.05) is 0 Å². The summed E-state index contributed by atoms with van der Waals surface area (Å²) < 4.78 is 23.5. The predicted octanol–water partition coefficient (Wildman–Crippen LogP) is 2.50. The fourth-order valence-electron chi connectivity index (χ4n) is 1.63. The van der Waals surface area contributed by atoms with Crippen LogP contribution in [-0.4, -0.2) is 23.3 Å². The Morgan fingerprint density at radius 1 is 1.50 bits per heavy atom. The van der Waals surface area contributed by atoms with Gasteiger partial charge in [0, 0.05) is 6.07 Å². The summed E-state index contributed by atoms with van der Waals surface area (Å²) in [7, 11) is 1.44. The summed E-state index contributed by atoms with van der Waals surface area (Å²) in [6.45, 7) is 1.55. The number of benzene rings is 1. The minimum atomic E-state index is -1.21. The molecule has 0 fully saturated rings. The number of aromatic carboxylic acids is 1. The molecule has 0 spiro atoms. The van der Waals surface area contributed by atoms with Gasteiger partial charge in [0.2, 0.25) is 0 Å². The molecule has 0 saturated carbocycles. The molecule has 18 heavy (non-hydrogen) atoms. The van der Waals surface area contributed by atoms with Crippen LogP contribution in [0.25, 0.3) is 11.3 Å². The lowest BCUT2D eigenvalue weighted by Gasteiger charge is -2.09. The SMILES string of the molecule is COc1ccc(F)c(C)c1-c1cc(C(=O)O)no1. The lowest BCUT2D eigenvalue weighted by atomic mass is 10.0. The maximum Gasteiger partial charge on any atom is 0.358 e. The topological polar surface area (TPSA) is 72.6 Å². The van der Waals surface area contributed by atoms with E-state index >= 15 is 0 Å². The highest BCUT2D eigenvalue weighted by atomic mass is 19.1. The van der Waals surface area contributed by atoms with E-state index in [2.05, 4.69) is 5.16 Å². The van der Waals surface area contributed by atoms with Gasteiger partial charge in [-0.3, -0.25) is 0 Å². The van der Waals surface area contributed by atoms with Gasteiger partial charge in [0.15, 0.2) is 11.5 Å². The highest BCUT2D eigenvalue weighted by molar-refractivity contribution is 5.87. The van der Waals surface area contributed by atoms with E-state index in [1.165, 1.54) is 25.3 Å². The Morgan fingerprint density at radius 3 is 2.78 bits per heavy atom. The third-order valence-corrected chi connectivity index (χ3v) is 2.56. The Morgan fingerprint density at radius 2 is 2.22 bits per heavy atom. The lowest BCUT2D eigenvalue weighted by molar-refractivity contribution is 0.0686. The summed E-state index contributed by atoms with van der Waals surface area (Å²) >= 11 is 0. The van der Waals surface area contributed by atoms with E-state index in [1.54, 1.807) is 6.92 Å². The maximum atomic E-state index is 13.5. The van der Waals surface area contributed by atoms with Crippen molar-refractivity contribution in [3.8, 4) is 17.1 Å². The zero-order valence-electron chi connectivity index (χ0n) is 9.73. The standard InChI is InChI=1S/C12H10FNO4/c1-6-7(13)3-4-9(17-2)11(6)10-5-8(12(15)16)14-18-10/h3-5H,1-2H3,(H,15,16). The zero-order chi connectivity index (χ0) is 13.3. The van der Waals surface area contributed by atoms with Gasteiger partial charge in [0.05, 0.1) is 12.7 Å². The molecule has 0 amide bonds. The van der Waals surface area contributed by atoms with Crippen molar-refractivity contribution < 1.29 is 23.6 Å². The van der Waals surface area contributed by atoms with E-state index in [0.29, 0.717) is 16.9 Å². The molecule has 1 heterocycles. The number of nitrogens with zero attached hydrogens (tertiary/aromatic N) is 1. The van der Waals surface area contributed by atoms with Crippen molar-refractivity contribution >= 4 is 5.97 Å². The molecule has 2 aromatic rings. The summed E-state index contributed by atoms with van der Waals surface area (Å²) in [5, 5.41) is 12.2. The number of carbonyl (C=O) groups is 1. The van der Waals surface area contributed by atoms with Crippen LogP contribution in [0.4, 0.5) is 4.39 Å². The number of methoxy groups -OCH3 is 1. The molecule has 1 aromatic carbocycles. The van der Waals surface area contributed by atoms with Crippen molar-refractivity contribution in [3.05, 3.63) is 35.3 Å². The molecule has 0 aliphatic rings. The molecule has 2 rings (SSSR count). The van der Waals surface area contributed by atoms with Gasteiger partial charge in [-0.1, -0.05) is 5.16 Å². The molecule has 0 bridgehead atoms. The Bertz CT molecular complexity index is 606. The van der Waals surface area contributed by atoms with Crippen LogP contribution in [0.15, 0.2) is 22.7 Å². The fourth-order valence-corrected chi connectivity index (χ4v) is 1.63. The van der Waals surface area contributed by atoms with Crippen molar-refractivity contribution in [2.45, 2.75) is 6.92 Å². The third-order valence-electron chi connectivity index (χ3n) is 2.56. The summed E-state index contributed by atoms with van der Waals surface area (Å²) in [5.74, 6) is -1.10. The Hall–Kier alpha value is -2.37. The van der Waals surface area contributed by atoms with Gasteiger partial charge in [0.25, 0.3) is 0 Å². The number of hydrogen-bond acceptors (Lipinski definition) is 4. The van der Waals surface area contributed by atoms with Gasteiger partial charge in [-0.05, 0) is 24.6 Å². The number of rotatable bonds is 3. The number of halogens is 1. The second-order valence-electron chi connectivity index (χ2n) is 3.63. The zero-order valence-corrected chi connectivity index (χ0v) is 9.73. The second-order valence-corrected chi connectivity index (χ2v) is 3.63. The smallest absolute Gasteiger partial charge is 0.358 e. The summed E-state index contributed by atoms with van der Waals surface area (Å²) in [6, 6.07) is 3.94. The minimum absolute atomic E-state index is 0.154. The predicted molar refractivity (Wildman–Crippen MR) is 60.1 cm³/mol. The average molecular weight is 251 g/mol. The molecule has 5 nitrogen and oxygen atoms in total. The molecule has 0 aliphatic heterocycles. The van der Waals surface area contributed by atoms with Crippen LogP contribution < -0.4 is 4.74 Å². The second kappa shape index (κ2) is 4.48. The Kier molecular flexibility index (Phi) is 3.01. The monoisotopic (exact) mass is 251 g/mol. The Balaban J connectivity index is 2.61. The maximum absolute atomic E-state index is 13.5. The molecule has 94 valence electrons.